The summed E-state index contributed by atoms with van der Waals surface area (Å²) in [5.41, 5.74) is 0.264. The van der Waals surface area contributed by atoms with Crippen molar-refractivity contribution in [2.75, 3.05) is 37.3 Å². The molecule has 3 rings (SSSR count). The molecule has 19 heavy (non-hydrogen) atoms. The first-order valence-electron chi connectivity index (χ1n) is 6.46. The Hall–Kier alpha value is -1.21. The third-order valence-electron chi connectivity index (χ3n) is 4.14. The molecule has 1 aromatic heterocycles. The molecule has 0 atom stereocenters. The van der Waals surface area contributed by atoms with E-state index in [9.17, 15) is 8.42 Å². The molecule has 3 heterocycles. The van der Waals surface area contributed by atoms with Crippen LogP contribution in [0.25, 0.3) is 0 Å². The zero-order chi connectivity index (χ0) is 13.5. The minimum atomic E-state index is -3.03. The van der Waals surface area contributed by atoms with Crippen LogP contribution in [0, 0.1) is 5.41 Å². The largest absolute Gasteiger partial charge is 0.340 e. The first-order valence-corrected chi connectivity index (χ1v) is 8.31. The van der Waals surface area contributed by atoms with E-state index in [-0.39, 0.29) is 5.41 Å². The van der Waals surface area contributed by atoms with E-state index in [1.165, 1.54) is 6.26 Å². The Morgan fingerprint density at radius 3 is 2.26 bits per heavy atom. The van der Waals surface area contributed by atoms with E-state index in [0.29, 0.717) is 13.1 Å². The molecule has 2 aliphatic heterocycles. The molecule has 2 fully saturated rings. The molecule has 0 amide bonds. The number of rotatable bonds is 2. The van der Waals surface area contributed by atoms with Crippen LogP contribution in [0.1, 0.15) is 12.8 Å². The molecule has 1 spiro atoms. The second-order valence-electron chi connectivity index (χ2n) is 5.57. The van der Waals surface area contributed by atoms with Gasteiger partial charge in [0.05, 0.1) is 6.26 Å². The smallest absolute Gasteiger partial charge is 0.225 e. The molecule has 0 saturated carbocycles. The van der Waals surface area contributed by atoms with Crippen LogP contribution in [0.15, 0.2) is 18.5 Å². The maximum Gasteiger partial charge on any atom is 0.225 e. The van der Waals surface area contributed by atoms with E-state index in [0.717, 1.165) is 31.9 Å². The minimum Gasteiger partial charge on any atom is -0.340 e. The zero-order valence-corrected chi connectivity index (χ0v) is 11.8. The topological polar surface area (TPSA) is 66.4 Å². The maximum atomic E-state index is 11.5. The van der Waals surface area contributed by atoms with E-state index in [1.807, 2.05) is 6.07 Å². The van der Waals surface area contributed by atoms with Crippen LogP contribution in [0.5, 0.6) is 0 Å². The van der Waals surface area contributed by atoms with E-state index in [2.05, 4.69) is 14.9 Å². The Morgan fingerprint density at radius 2 is 1.74 bits per heavy atom. The molecule has 0 N–H and O–H groups in total. The van der Waals surface area contributed by atoms with E-state index in [1.54, 1.807) is 16.7 Å². The highest BCUT2D eigenvalue weighted by Crippen LogP contribution is 2.41. The first kappa shape index (κ1) is 12.8. The summed E-state index contributed by atoms with van der Waals surface area (Å²) in [6.45, 7) is 3.16. The number of anilines is 1. The monoisotopic (exact) mass is 282 g/mol. The molecule has 0 aromatic carbocycles. The van der Waals surface area contributed by atoms with Crippen LogP contribution in [0.4, 0.5) is 5.95 Å². The van der Waals surface area contributed by atoms with Crippen LogP contribution >= 0.6 is 0 Å². The van der Waals surface area contributed by atoms with Crippen LogP contribution < -0.4 is 4.90 Å². The molecule has 0 bridgehead atoms. The highest BCUT2D eigenvalue weighted by atomic mass is 32.2. The van der Waals surface area contributed by atoms with Crippen molar-refractivity contribution in [1.82, 2.24) is 14.3 Å². The van der Waals surface area contributed by atoms with Gasteiger partial charge in [-0.3, -0.25) is 0 Å². The quantitative estimate of drug-likeness (QED) is 0.782. The second kappa shape index (κ2) is 4.42. The van der Waals surface area contributed by atoms with Crippen molar-refractivity contribution in [2.45, 2.75) is 12.8 Å². The van der Waals surface area contributed by atoms with Gasteiger partial charge in [0.15, 0.2) is 0 Å². The Morgan fingerprint density at radius 1 is 1.16 bits per heavy atom. The predicted molar refractivity (Wildman–Crippen MR) is 72.3 cm³/mol. The summed E-state index contributed by atoms with van der Waals surface area (Å²) in [7, 11) is -3.03. The molecular weight excluding hydrogens is 264 g/mol. The summed E-state index contributed by atoms with van der Waals surface area (Å²) in [5, 5.41) is 0. The van der Waals surface area contributed by atoms with Gasteiger partial charge in [-0.15, -0.1) is 0 Å². The summed E-state index contributed by atoms with van der Waals surface area (Å²) in [6.07, 6.45) is 6.65. The van der Waals surface area contributed by atoms with Crippen molar-refractivity contribution in [3.63, 3.8) is 0 Å². The number of piperidine rings is 1. The summed E-state index contributed by atoms with van der Waals surface area (Å²) in [5.74, 6) is 0.777. The SMILES string of the molecule is CS(=O)(=O)N1CCC2(CC1)CN(c1ncccn1)C2. The molecule has 104 valence electrons. The summed E-state index contributed by atoms with van der Waals surface area (Å²) >= 11 is 0. The van der Waals surface area contributed by atoms with Crippen molar-refractivity contribution in [3.05, 3.63) is 18.5 Å². The maximum absolute atomic E-state index is 11.5. The van der Waals surface area contributed by atoms with Crippen molar-refractivity contribution >= 4 is 16.0 Å². The number of sulfonamides is 1. The Labute approximate surface area is 113 Å². The van der Waals surface area contributed by atoms with Crippen molar-refractivity contribution < 1.29 is 8.42 Å². The standard InChI is InChI=1S/C12H18N4O2S/c1-19(17,18)16-7-3-12(4-8-16)9-15(10-12)11-13-5-2-6-14-11/h2,5-6H,3-4,7-10H2,1H3. The summed E-state index contributed by atoms with van der Waals surface area (Å²) < 4.78 is 24.6. The number of nitrogens with zero attached hydrogens (tertiary/aromatic N) is 4. The Kier molecular flexibility index (Phi) is 2.98. The molecule has 0 aliphatic carbocycles. The van der Waals surface area contributed by atoms with Crippen LogP contribution in [-0.4, -0.2) is 55.1 Å². The van der Waals surface area contributed by atoms with Gasteiger partial charge in [-0.05, 0) is 18.9 Å². The van der Waals surface area contributed by atoms with Crippen molar-refractivity contribution in [3.8, 4) is 0 Å². The fourth-order valence-corrected chi connectivity index (χ4v) is 3.81. The van der Waals surface area contributed by atoms with Crippen molar-refractivity contribution in [2.24, 2.45) is 5.41 Å². The highest BCUT2D eigenvalue weighted by molar-refractivity contribution is 7.88. The van der Waals surface area contributed by atoms with Gasteiger partial charge in [0.25, 0.3) is 0 Å². The lowest BCUT2D eigenvalue weighted by molar-refractivity contribution is 0.113. The Bertz CT molecular complexity index is 544. The second-order valence-corrected chi connectivity index (χ2v) is 7.55. The molecule has 6 nitrogen and oxygen atoms in total. The lowest BCUT2D eigenvalue weighted by atomic mass is 9.72. The van der Waals surface area contributed by atoms with E-state index in [4.69, 9.17) is 0 Å². The first-order chi connectivity index (χ1) is 8.99. The highest BCUT2D eigenvalue weighted by Gasteiger charge is 2.46. The average molecular weight is 282 g/mol. The summed E-state index contributed by atoms with van der Waals surface area (Å²) in [4.78, 5) is 10.6. The van der Waals surface area contributed by atoms with Crippen molar-refractivity contribution in [1.29, 1.82) is 0 Å². The molecule has 1 aromatic rings. The van der Waals surface area contributed by atoms with Gasteiger partial charge in [-0.1, -0.05) is 0 Å². The third kappa shape index (κ3) is 2.44. The normalized spacial score (nSPS) is 23.3. The fourth-order valence-electron chi connectivity index (χ4n) is 2.97. The molecular formula is C12H18N4O2S. The zero-order valence-electron chi connectivity index (χ0n) is 11.0. The van der Waals surface area contributed by atoms with Gasteiger partial charge in [-0.2, -0.15) is 0 Å². The average Bonchev–Trinajstić information content (AvgIpc) is 2.36. The predicted octanol–water partition coefficient (Wildman–Crippen LogP) is 0.338. The van der Waals surface area contributed by atoms with E-state index < -0.39 is 10.0 Å². The van der Waals surface area contributed by atoms with Crippen LogP contribution in [0.2, 0.25) is 0 Å². The lowest BCUT2D eigenvalue weighted by Crippen LogP contribution is -2.61. The fraction of sp³-hybridized carbons (Fsp3) is 0.667. The van der Waals surface area contributed by atoms with E-state index >= 15 is 0 Å². The van der Waals surface area contributed by atoms with Gasteiger partial charge in [0, 0.05) is 44.0 Å². The lowest BCUT2D eigenvalue weighted by Gasteiger charge is -2.53. The van der Waals surface area contributed by atoms with Gasteiger partial charge in [0.2, 0.25) is 16.0 Å². The molecule has 7 heteroatoms. The Balaban J connectivity index is 1.59. The summed E-state index contributed by atoms with van der Waals surface area (Å²) in [6, 6.07) is 1.81. The minimum absolute atomic E-state index is 0.264. The van der Waals surface area contributed by atoms with Gasteiger partial charge >= 0.3 is 0 Å². The van der Waals surface area contributed by atoms with Gasteiger partial charge in [-0.25, -0.2) is 22.7 Å². The number of aromatic nitrogens is 2. The van der Waals surface area contributed by atoms with Crippen LogP contribution in [0.3, 0.4) is 0 Å². The molecule has 0 radical (unpaired) electrons. The van der Waals surface area contributed by atoms with Gasteiger partial charge in [0.1, 0.15) is 0 Å². The number of hydrogen-bond acceptors (Lipinski definition) is 5. The molecule has 2 aliphatic rings. The third-order valence-corrected chi connectivity index (χ3v) is 5.44. The molecule has 2 saturated heterocycles. The number of hydrogen-bond donors (Lipinski definition) is 0. The van der Waals surface area contributed by atoms with Gasteiger partial charge < -0.3 is 4.90 Å². The van der Waals surface area contributed by atoms with Crippen LogP contribution in [-0.2, 0) is 10.0 Å². The molecule has 0 unspecified atom stereocenters.